The molecule has 3 heteroatoms. The van der Waals surface area contributed by atoms with Crippen LogP contribution in [0, 0.1) is 6.92 Å². The molecule has 0 amide bonds. The lowest BCUT2D eigenvalue weighted by Crippen LogP contribution is -2.22. The number of carbonyl (C=O) groups is 1. The van der Waals surface area contributed by atoms with Crippen LogP contribution in [-0.2, 0) is 4.74 Å². The topological polar surface area (TPSA) is 46.5 Å². The first kappa shape index (κ1) is 12.7. The summed E-state index contributed by atoms with van der Waals surface area (Å²) in [5.74, 6) is -0.343. The summed E-state index contributed by atoms with van der Waals surface area (Å²) >= 11 is 0. The maximum Gasteiger partial charge on any atom is 0.338 e. The van der Waals surface area contributed by atoms with Gasteiger partial charge in [0, 0.05) is 6.42 Å². The molecule has 0 fully saturated rings. The van der Waals surface area contributed by atoms with E-state index in [0.717, 1.165) is 5.56 Å². The quantitative estimate of drug-likeness (QED) is 0.795. The van der Waals surface area contributed by atoms with Crippen LogP contribution < -0.4 is 0 Å². The molecule has 0 aromatic heterocycles. The number of hydrogen-bond donors (Lipinski definition) is 1. The van der Waals surface area contributed by atoms with Crippen molar-refractivity contribution in [3.05, 3.63) is 35.4 Å². The molecule has 0 saturated heterocycles. The molecular formula is C13H18O3. The largest absolute Gasteiger partial charge is 0.462 e. The molecule has 1 aromatic carbocycles. The maximum atomic E-state index is 11.5. The molecule has 3 nitrogen and oxygen atoms in total. The van der Waals surface area contributed by atoms with Crippen molar-refractivity contribution in [1.29, 1.82) is 0 Å². The van der Waals surface area contributed by atoms with Gasteiger partial charge in [-0.3, -0.25) is 0 Å². The van der Waals surface area contributed by atoms with E-state index in [9.17, 15) is 9.90 Å². The fourth-order valence-electron chi connectivity index (χ4n) is 1.17. The molecule has 0 unspecified atom stereocenters. The van der Waals surface area contributed by atoms with Crippen LogP contribution in [0.4, 0.5) is 0 Å². The second-order valence-corrected chi connectivity index (χ2v) is 4.56. The zero-order chi connectivity index (χ0) is 12.2. The van der Waals surface area contributed by atoms with Gasteiger partial charge < -0.3 is 9.84 Å². The van der Waals surface area contributed by atoms with Crippen LogP contribution in [0.3, 0.4) is 0 Å². The summed E-state index contributed by atoms with van der Waals surface area (Å²) in [4.78, 5) is 11.5. The Bertz CT molecular complexity index is 346. The number of esters is 1. The van der Waals surface area contributed by atoms with Crippen molar-refractivity contribution in [3.63, 3.8) is 0 Å². The van der Waals surface area contributed by atoms with E-state index in [2.05, 4.69) is 0 Å². The lowest BCUT2D eigenvalue weighted by molar-refractivity contribution is 0.0244. The van der Waals surface area contributed by atoms with Crippen LogP contribution in [0.5, 0.6) is 0 Å². The Kier molecular flexibility index (Phi) is 4.07. The van der Waals surface area contributed by atoms with Crippen molar-refractivity contribution >= 4 is 5.97 Å². The lowest BCUT2D eigenvalue weighted by Gasteiger charge is -2.16. The summed E-state index contributed by atoms with van der Waals surface area (Å²) in [6, 6.07) is 7.21. The summed E-state index contributed by atoms with van der Waals surface area (Å²) in [7, 11) is 0. The molecule has 88 valence electrons. The Hall–Kier alpha value is -1.35. The van der Waals surface area contributed by atoms with Gasteiger partial charge in [-0.2, -0.15) is 0 Å². The van der Waals surface area contributed by atoms with E-state index in [-0.39, 0.29) is 12.6 Å². The molecule has 0 heterocycles. The third kappa shape index (κ3) is 4.45. The molecule has 0 atom stereocenters. The number of benzene rings is 1. The Labute approximate surface area is 96.1 Å². The van der Waals surface area contributed by atoms with Crippen LogP contribution in [-0.4, -0.2) is 23.3 Å². The average molecular weight is 222 g/mol. The average Bonchev–Trinajstić information content (AvgIpc) is 2.16. The molecule has 0 aliphatic carbocycles. The van der Waals surface area contributed by atoms with Gasteiger partial charge in [0.2, 0.25) is 0 Å². The fourth-order valence-corrected chi connectivity index (χ4v) is 1.17. The highest BCUT2D eigenvalue weighted by Crippen LogP contribution is 2.09. The molecule has 1 N–H and O–H groups in total. The van der Waals surface area contributed by atoms with E-state index in [4.69, 9.17) is 4.74 Å². The molecule has 0 aliphatic heterocycles. The highest BCUT2D eigenvalue weighted by atomic mass is 16.5. The highest BCUT2D eigenvalue weighted by Gasteiger charge is 2.14. The second-order valence-electron chi connectivity index (χ2n) is 4.56. The van der Waals surface area contributed by atoms with Gasteiger partial charge >= 0.3 is 5.97 Å². The molecule has 0 aliphatic rings. The van der Waals surface area contributed by atoms with Crippen molar-refractivity contribution in [2.24, 2.45) is 0 Å². The van der Waals surface area contributed by atoms with Crippen LogP contribution in [0.15, 0.2) is 24.3 Å². The summed E-state index contributed by atoms with van der Waals surface area (Å²) in [5, 5.41) is 9.45. The summed E-state index contributed by atoms with van der Waals surface area (Å²) in [6.07, 6.45) is 0.435. The van der Waals surface area contributed by atoms with Crippen LogP contribution >= 0.6 is 0 Å². The number of rotatable bonds is 4. The van der Waals surface area contributed by atoms with E-state index in [1.807, 2.05) is 19.1 Å². The van der Waals surface area contributed by atoms with Gasteiger partial charge in [-0.25, -0.2) is 4.79 Å². The Balaban J connectivity index is 2.44. The summed E-state index contributed by atoms with van der Waals surface area (Å²) < 4.78 is 5.05. The van der Waals surface area contributed by atoms with Crippen molar-refractivity contribution in [2.45, 2.75) is 32.8 Å². The highest BCUT2D eigenvalue weighted by molar-refractivity contribution is 5.89. The van der Waals surface area contributed by atoms with Gasteiger partial charge in [-0.05, 0) is 32.9 Å². The van der Waals surface area contributed by atoms with E-state index in [1.165, 1.54) is 0 Å². The van der Waals surface area contributed by atoms with Gasteiger partial charge in [0.05, 0.1) is 17.8 Å². The monoisotopic (exact) mass is 222 g/mol. The summed E-state index contributed by atoms with van der Waals surface area (Å²) in [6.45, 7) is 5.57. The minimum Gasteiger partial charge on any atom is -0.462 e. The van der Waals surface area contributed by atoms with Gasteiger partial charge in [0.25, 0.3) is 0 Å². The number of hydrogen-bond acceptors (Lipinski definition) is 3. The van der Waals surface area contributed by atoms with Crippen molar-refractivity contribution in [2.75, 3.05) is 6.61 Å². The SMILES string of the molecule is Cc1ccc(C(=O)OCCC(C)(C)O)cc1. The second kappa shape index (κ2) is 5.12. The Morgan fingerprint density at radius 3 is 2.38 bits per heavy atom. The third-order valence-electron chi connectivity index (χ3n) is 2.23. The van der Waals surface area contributed by atoms with Gasteiger partial charge in [0.1, 0.15) is 0 Å². The molecule has 1 rings (SSSR count). The van der Waals surface area contributed by atoms with Crippen LogP contribution in [0.1, 0.15) is 36.2 Å². The maximum absolute atomic E-state index is 11.5. The Morgan fingerprint density at radius 2 is 1.88 bits per heavy atom. The summed E-state index contributed by atoms with van der Waals surface area (Å²) in [5.41, 5.74) is 0.850. The molecule has 0 bridgehead atoms. The Morgan fingerprint density at radius 1 is 1.31 bits per heavy atom. The molecule has 0 spiro atoms. The lowest BCUT2D eigenvalue weighted by atomic mass is 10.1. The van der Waals surface area contributed by atoms with E-state index < -0.39 is 5.60 Å². The van der Waals surface area contributed by atoms with Gasteiger partial charge in [0.15, 0.2) is 0 Å². The third-order valence-corrected chi connectivity index (χ3v) is 2.23. The first-order valence-electron chi connectivity index (χ1n) is 5.35. The van der Waals surface area contributed by atoms with E-state index in [1.54, 1.807) is 26.0 Å². The number of aryl methyl sites for hydroxylation is 1. The normalized spacial score (nSPS) is 11.2. The van der Waals surface area contributed by atoms with Crippen LogP contribution in [0.2, 0.25) is 0 Å². The van der Waals surface area contributed by atoms with E-state index >= 15 is 0 Å². The fraction of sp³-hybridized carbons (Fsp3) is 0.462. The van der Waals surface area contributed by atoms with Gasteiger partial charge in [-0.15, -0.1) is 0 Å². The van der Waals surface area contributed by atoms with Crippen molar-refractivity contribution in [3.8, 4) is 0 Å². The zero-order valence-electron chi connectivity index (χ0n) is 9.99. The van der Waals surface area contributed by atoms with Crippen LogP contribution in [0.25, 0.3) is 0 Å². The smallest absolute Gasteiger partial charge is 0.338 e. The number of aliphatic hydroxyl groups is 1. The standard InChI is InChI=1S/C13H18O3/c1-10-4-6-11(7-5-10)12(14)16-9-8-13(2,3)15/h4-7,15H,8-9H2,1-3H3. The first-order valence-corrected chi connectivity index (χ1v) is 5.35. The minimum atomic E-state index is -0.798. The predicted octanol–water partition coefficient (Wildman–Crippen LogP) is 2.31. The predicted molar refractivity (Wildman–Crippen MR) is 62.4 cm³/mol. The molecule has 16 heavy (non-hydrogen) atoms. The number of ether oxygens (including phenoxy) is 1. The first-order chi connectivity index (χ1) is 7.38. The molecule has 0 saturated carbocycles. The molecule has 1 aromatic rings. The van der Waals surface area contributed by atoms with Crippen molar-refractivity contribution < 1.29 is 14.6 Å². The molecular weight excluding hydrogens is 204 g/mol. The number of carbonyl (C=O) groups excluding carboxylic acids is 1. The minimum absolute atomic E-state index is 0.232. The molecule has 0 radical (unpaired) electrons. The zero-order valence-corrected chi connectivity index (χ0v) is 9.99. The van der Waals surface area contributed by atoms with E-state index in [0.29, 0.717) is 12.0 Å². The van der Waals surface area contributed by atoms with Gasteiger partial charge in [-0.1, -0.05) is 17.7 Å². The van der Waals surface area contributed by atoms with Crippen molar-refractivity contribution in [1.82, 2.24) is 0 Å².